The molecule has 0 amide bonds. The van der Waals surface area contributed by atoms with E-state index >= 15 is 0 Å². The minimum Gasteiger partial charge on any atom is -0.303 e. The Morgan fingerprint density at radius 2 is 1.90 bits per heavy atom. The first kappa shape index (κ1) is 16.0. The molecular formula is C19H26OSi. The smallest absolute Gasteiger partial charge is 0.120 e. The van der Waals surface area contributed by atoms with Gasteiger partial charge >= 0.3 is 0 Å². The lowest BCUT2D eigenvalue weighted by Gasteiger charge is -2.27. The van der Waals surface area contributed by atoms with Crippen LogP contribution >= 0.6 is 0 Å². The van der Waals surface area contributed by atoms with Crippen LogP contribution < -0.4 is 5.19 Å². The Labute approximate surface area is 129 Å². The van der Waals surface area contributed by atoms with E-state index in [0.717, 1.165) is 6.29 Å². The molecule has 1 aromatic carbocycles. The average Bonchev–Trinajstić information content (AvgIpc) is 2.50. The lowest BCUT2D eigenvalue weighted by molar-refractivity contribution is -0.109. The zero-order valence-corrected chi connectivity index (χ0v) is 14.2. The Kier molecular flexibility index (Phi) is 5.78. The highest BCUT2D eigenvalue weighted by Gasteiger charge is 2.23. The maximum absolute atomic E-state index is 10.8. The molecule has 1 nitrogen and oxygen atoms in total. The molecule has 1 aromatic rings. The summed E-state index contributed by atoms with van der Waals surface area (Å²) in [4.78, 5) is 10.8. The highest BCUT2D eigenvalue weighted by atomic mass is 28.3. The summed E-state index contributed by atoms with van der Waals surface area (Å²) in [6.07, 6.45) is 9.01. The summed E-state index contributed by atoms with van der Waals surface area (Å²) in [6.45, 7) is 4.71. The number of benzene rings is 1. The second-order valence-corrected chi connectivity index (χ2v) is 11.0. The normalized spacial score (nSPS) is 22.2. The second kappa shape index (κ2) is 7.58. The van der Waals surface area contributed by atoms with E-state index in [-0.39, 0.29) is 0 Å². The number of allylic oxidation sites excluding steroid dienone is 1. The molecule has 0 aliphatic heterocycles. The van der Waals surface area contributed by atoms with Gasteiger partial charge in [0.05, 0.1) is 0 Å². The quantitative estimate of drug-likeness (QED) is 0.451. The molecule has 2 heteroatoms. The van der Waals surface area contributed by atoms with Crippen molar-refractivity contribution in [3.05, 3.63) is 47.8 Å². The van der Waals surface area contributed by atoms with Crippen LogP contribution in [0, 0.1) is 11.8 Å². The highest BCUT2D eigenvalue weighted by molar-refractivity contribution is 6.93. The summed E-state index contributed by atoms with van der Waals surface area (Å²) < 4.78 is 0. The Bertz CT molecular complexity index is 512. The van der Waals surface area contributed by atoms with Crippen LogP contribution in [0.15, 0.2) is 47.8 Å². The van der Waals surface area contributed by atoms with Crippen LogP contribution in [0.4, 0.5) is 0 Å². The van der Waals surface area contributed by atoms with Crippen LogP contribution in [-0.4, -0.2) is 14.4 Å². The number of rotatable bonds is 5. The minimum absolute atomic E-state index is 0.540. The second-order valence-electron chi connectivity index (χ2n) is 6.68. The SMILES string of the molecule is C[Si](C)(C=C=C[C@@H]1CCCC[C@H]1CC=O)c1ccccc1. The first-order chi connectivity index (χ1) is 10.1. The van der Waals surface area contributed by atoms with Crippen molar-refractivity contribution in [2.75, 3.05) is 0 Å². The maximum atomic E-state index is 10.8. The Hall–Kier alpha value is -1.37. The van der Waals surface area contributed by atoms with E-state index in [1.54, 1.807) is 0 Å². The summed E-state index contributed by atoms with van der Waals surface area (Å²) >= 11 is 0. The van der Waals surface area contributed by atoms with E-state index in [1.807, 2.05) is 0 Å². The molecule has 0 unspecified atom stereocenters. The molecule has 2 rings (SSSR count). The Balaban J connectivity index is 2.09. The largest absolute Gasteiger partial charge is 0.303 e. The molecule has 0 aromatic heterocycles. The number of carbonyl (C=O) groups is 1. The van der Waals surface area contributed by atoms with Crippen LogP contribution in [0.2, 0.25) is 13.1 Å². The van der Waals surface area contributed by atoms with Crippen LogP contribution in [0.3, 0.4) is 0 Å². The van der Waals surface area contributed by atoms with Gasteiger partial charge in [0.15, 0.2) is 0 Å². The predicted molar refractivity (Wildman–Crippen MR) is 92.3 cm³/mol. The van der Waals surface area contributed by atoms with Gasteiger partial charge in [-0.1, -0.05) is 61.5 Å². The monoisotopic (exact) mass is 298 g/mol. The van der Waals surface area contributed by atoms with E-state index in [9.17, 15) is 4.79 Å². The van der Waals surface area contributed by atoms with Crippen molar-refractivity contribution in [2.24, 2.45) is 11.8 Å². The van der Waals surface area contributed by atoms with E-state index < -0.39 is 8.07 Å². The Morgan fingerprint density at radius 3 is 2.62 bits per heavy atom. The minimum atomic E-state index is -1.54. The molecular weight excluding hydrogens is 272 g/mol. The summed E-state index contributed by atoms with van der Waals surface area (Å²) in [5.41, 5.74) is 5.78. The van der Waals surface area contributed by atoms with Gasteiger partial charge in [0, 0.05) is 6.42 Å². The fourth-order valence-corrected chi connectivity index (χ4v) is 4.93. The van der Waals surface area contributed by atoms with Crippen molar-refractivity contribution in [3.63, 3.8) is 0 Å². The number of hydrogen-bond donors (Lipinski definition) is 0. The van der Waals surface area contributed by atoms with Crippen molar-refractivity contribution in [1.82, 2.24) is 0 Å². The molecule has 0 heterocycles. The van der Waals surface area contributed by atoms with Gasteiger partial charge in [0.2, 0.25) is 0 Å². The molecule has 2 atom stereocenters. The summed E-state index contributed by atoms with van der Waals surface area (Å²) in [5, 5.41) is 1.44. The maximum Gasteiger partial charge on any atom is 0.120 e. The van der Waals surface area contributed by atoms with Gasteiger partial charge in [-0.25, -0.2) is 0 Å². The third-order valence-corrected chi connectivity index (χ3v) is 7.35. The first-order valence-corrected chi connectivity index (χ1v) is 11.1. The van der Waals surface area contributed by atoms with Crippen molar-refractivity contribution < 1.29 is 4.79 Å². The van der Waals surface area contributed by atoms with Gasteiger partial charge in [-0.05, 0) is 36.5 Å². The van der Waals surface area contributed by atoms with Crippen LogP contribution in [0.1, 0.15) is 32.1 Å². The van der Waals surface area contributed by atoms with Gasteiger partial charge in [-0.15, -0.1) is 5.73 Å². The molecule has 1 saturated carbocycles. The lowest BCUT2D eigenvalue weighted by Crippen LogP contribution is -2.39. The fraction of sp³-hybridized carbons (Fsp3) is 0.474. The van der Waals surface area contributed by atoms with E-state index in [4.69, 9.17) is 0 Å². The van der Waals surface area contributed by atoms with Crippen molar-refractivity contribution in [1.29, 1.82) is 0 Å². The van der Waals surface area contributed by atoms with Crippen LogP contribution in [0.25, 0.3) is 0 Å². The number of carbonyl (C=O) groups excluding carboxylic acids is 1. The lowest BCUT2D eigenvalue weighted by atomic mass is 9.78. The number of aldehydes is 1. The third kappa shape index (κ3) is 4.55. The number of hydrogen-bond acceptors (Lipinski definition) is 1. The zero-order chi connectivity index (χ0) is 15.1. The topological polar surface area (TPSA) is 17.1 Å². The fourth-order valence-electron chi connectivity index (χ4n) is 3.20. The van der Waals surface area contributed by atoms with E-state index in [0.29, 0.717) is 18.3 Å². The zero-order valence-electron chi connectivity index (χ0n) is 13.2. The van der Waals surface area contributed by atoms with Crippen molar-refractivity contribution >= 4 is 19.5 Å². The molecule has 112 valence electrons. The molecule has 1 aliphatic carbocycles. The molecule has 21 heavy (non-hydrogen) atoms. The van der Waals surface area contributed by atoms with Crippen molar-refractivity contribution in [3.8, 4) is 0 Å². The van der Waals surface area contributed by atoms with Crippen LogP contribution in [0.5, 0.6) is 0 Å². The molecule has 0 bridgehead atoms. The Morgan fingerprint density at radius 1 is 1.19 bits per heavy atom. The summed E-state index contributed by atoms with van der Waals surface area (Å²) in [6, 6.07) is 10.7. The highest BCUT2D eigenvalue weighted by Crippen LogP contribution is 2.32. The van der Waals surface area contributed by atoms with E-state index in [1.165, 1.54) is 30.9 Å². The van der Waals surface area contributed by atoms with Gasteiger partial charge in [0.25, 0.3) is 0 Å². The van der Waals surface area contributed by atoms with Gasteiger partial charge in [-0.3, -0.25) is 0 Å². The van der Waals surface area contributed by atoms with E-state index in [2.05, 4.69) is 60.9 Å². The third-order valence-electron chi connectivity index (χ3n) is 4.64. The molecule has 0 N–H and O–H groups in total. The molecule has 0 spiro atoms. The van der Waals surface area contributed by atoms with Crippen LogP contribution in [-0.2, 0) is 4.79 Å². The molecule has 0 radical (unpaired) electrons. The molecule has 0 saturated heterocycles. The van der Waals surface area contributed by atoms with Crippen molar-refractivity contribution in [2.45, 2.75) is 45.2 Å². The summed E-state index contributed by atoms with van der Waals surface area (Å²) in [7, 11) is -1.54. The van der Waals surface area contributed by atoms with Gasteiger partial charge in [0.1, 0.15) is 14.4 Å². The first-order valence-electron chi connectivity index (χ1n) is 8.06. The van der Waals surface area contributed by atoms with Gasteiger partial charge in [-0.2, -0.15) is 0 Å². The average molecular weight is 299 g/mol. The summed E-state index contributed by atoms with van der Waals surface area (Å²) in [5.74, 6) is 1.08. The molecule has 1 fully saturated rings. The molecule has 1 aliphatic rings. The predicted octanol–water partition coefficient (Wildman–Crippen LogP) is 4.25. The van der Waals surface area contributed by atoms with Gasteiger partial charge < -0.3 is 4.79 Å². The standard InChI is InChI=1S/C19H26OSi/c1-21(2,19-12-4-3-5-13-19)16-8-11-17-9-6-7-10-18(17)14-15-20/h3-5,11-13,15-18H,6-7,9-10,14H2,1-2H3/t8?,17-,18-/m0/s1.